The number of esters is 2. The second kappa shape index (κ2) is 10.2. The molecule has 4 atom stereocenters. The molecule has 0 saturated carbocycles. The third kappa shape index (κ3) is 6.78. The van der Waals surface area contributed by atoms with Crippen molar-refractivity contribution in [1.29, 1.82) is 0 Å². The van der Waals surface area contributed by atoms with Gasteiger partial charge in [0.2, 0.25) is 0 Å². The van der Waals surface area contributed by atoms with Crippen molar-refractivity contribution < 1.29 is 31.4 Å². The van der Waals surface area contributed by atoms with Crippen molar-refractivity contribution in [2.45, 2.75) is 37.5 Å². The van der Waals surface area contributed by atoms with Gasteiger partial charge < -0.3 is 9.47 Å². The van der Waals surface area contributed by atoms with Gasteiger partial charge in [0, 0.05) is 18.5 Å². The molecular weight excluding hydrogens is 472 g/mol. The molecule has 0 aliphatic carbocycles. The van der Waals surface area contributed by atoms with Gasteiger partial charge in [0.25, 0.3) is 0 Å². The first-order valence-corrected chi connectivity index (χ1v) is 17.0. The molecule has 0 amide bonds. The van der Waals surface area contributed by atoms with Crippen LogP contribution in [0.25, 0.3) is 0 Å². The summed E-state index contributed by atoms with van der Waals surface area (Å²) in [5.41, 5.74) is 0.511. The van der Waals surface area contributed by atoms with E-state index in [4.69, 9.17) is 46.7 Å². The molecule has 2 saturated heterocycles. The summed E-state index contributed by atoms with van der Waals surface area (Å²) >= 11 is -3.11. The van der Waals surface area contributed by atoms with E-state index in [9.17, 15) is 9.59 Å². The van der Waals surface area contributed by atoms with Gasteiger partial charge in [-0.1, -0.05) is 18.2 Å². The SMILES string of the molecule is COC(=O)[C@H]1[C@@H](OC(=O)c2ccccc2)C[C@@H]2CC[C@H]1N2C.[Cl][Ti]([Cl])([Cl])[Cl]. The van der Waals surface area contributed by atoms with Gasteiger partial charge in [0.05, 0.1) is 12.7 Å². The molecule has 2 bridgehead atoms. The number of hydrogen-bond donors (Lipinski definition) is 0. The maximum atomic E-state index is 12.3. The summed E-state index contributed by atoms with van der Waals surface area (Å²) < 4.78 is 10.6. The van der Waals surface area contributed by atoms with Crippen LogP contribution in [0.3, 0.4) is 0 Å². The van der Waals surface area contributed by atoms with E-state index in [0.29, 0.717) is 18.0 Å². The molecule has 3 rings (SSSR count). The van der Waals surface area contributed by atoms with Crippen LogP contribution < -0.4 is 0 Å². The number of methoxy groups -OCH3 is 1. The Bertz CT molecular complexity index is 652. The van der Waals surface area contributed by atoms with Crippen LogP contribution in [0.4, 0.5) is 0 Å². The van der Waals surface area contributed by atoms with Crippen molar-refractivity contribution in [3.8, 4) is 0 Å². The molecule has 2 fully saturated rings. The van der Waals surface area contributed by atoms with Crippen LogP contribution in [0.5, 0.6) is 0 Å². The minimum atomic E-state index is -3.11. The van der Waals surface area contributed by atoms with Gasteiger partial charge in [0.15, 0.2) is 0 Å². The predicted molar refractivity (Wildman–Crippen MR) is 104 cm³/mol. The number of piperidine rings is 1. The average molecular weight is 493 g/mol. The number of carbonyl (C=O) groups excluding carboxylic acids is 2. The van der Waals surface area contributed by atoms with Crippen LogP contribution in [0.1, 0.15) is 29.6 Å². The number of benzene rings is 1. The molecule has 0 aromatic heterocycles. The van der Waals surface area contributed by atoms with Gasteiger partial charge in [-0.25, -0.2) is 4.79 Å². The molecule has 10 heteroatoms. The van der Waals surface area contributed by atoms with Crippen LogP contribution >= 0.6 is 37.2 Å². The number of nitrogens with zero attached hydrogens (tertiary/aromatic N) is 1. The summed E-state index contributed by atoms with van der Waals surface area (Å²) in [5, 5.41) is 0. The summed E-state index contributed by atoms with van der Waals surface area (Å²) in [7, 11) is 23.5. The molecule has 2 aliphatic heterocycles. The van der Waals surface area contributed by atoms with Crippen LogP contribution in [0, 0.1) is 5.92 Å². The first kappa shape index (κ1) is 23.3. The number of fused-ring (bicyclic) bond motifs is 2. The third-order valence-electron chi connectivity index (χ3n) is 4.96. The van der Waals surface area contributed by atoms with E-state index in [2.05, 4.69) is 4.90 Å². The average Bonchev–Trinajstić information content (AvgIpc) is 2.84. The van der Waals surface area contributed by atoms with Crippen molar-refractivity contribution in [3.05, 3.63) is 35.9 Å². The normalized spacial score (nSPS) is 27.3. The van der Waals surface area contributed by atoms with E-state index in [1.807, 2.05) is 13.1 Å². The van der Waals surface area contributed by atoms with Crippen LogP contribution in [-0.4, -0.2) is 49.2 Å². The Balaban J connectivity index is 0.000000465. The standard InChI is InChI=1S/C17H21NO4.4ClH.Ti/c1-18-12-8-9-13(18)15(17(20)21-2)14(10-12)22-16(19)11-6-4-3-5-7-11;;;;;/h3-7,12-15H,8-10H2,1-2H3;4*1H;/q;;;;;+4/p-4/t12-,13+,14-,15+;;;;;/m0...../s1. The van der Waals surface area contributed by atoms with E-state index < -0.39 is 24.4 Å². The minimum absolute atomic E-state index is 0.0970. The molecule has 0 spiro atoms. The van der Waals surface area contributed by atoms with Crippen molar-refractivity contribution >= 4 is 49.2 Å². The van der Waals surface area contributed by atoms with Crippen LogP contribution in [0.2, 0.25) is 0 Å². The van der Waals surface area contributed by atoms with Crippen molar-refractivity contribution in [3.63, 3.8) is 0 Å². The van der Waals surface area contributed by atoms with Gasteiger partial charge in [-0.2, -0.15) is 0 Å². The van der Waals surface area contributed by atoms with E-state index in [-0.39, 0.29) is 18.0 Å². The third-order valence-corrected chi connectivity index (χ3v) is 4.96. The van der Waals surface area contributed by atoms with Gasteiger partial charge in [-0.15, -0.1) is 0 Å². The van der Waals surface area contributed by atoms with Gasteiger partial charge >= 0.3 is 61.5 Å². The fraction of sp³-hybridized carbons (Fsp3) is 0.529. The monoisotopic (exact) mass is 491 g/mol. The van der Waals surface area contributed by atoms with E-state index in [1.165, 1.54) is 7.11 Å². The van der Waals surface area contributed by atoms with E-state index in [0.717, 1.165) is 12.8 Å². The Labute approximate surface area is 178 Å². The van der Waals surface area contributed by atoms with E-state index >= 15 is 0 Å². The second-order valence-corrected chi connectivity index (χ2v) is 22.0. The molecular formula is C17H21Cl4NO4Ti. The molecule has 0 radical (unpaired) electrons. The molecule has 0 N–H and O–H groups in total. The molecule has 150 valence electrons. The summed E-state index contributed by atoms with van der Waals surface area (Å²) in [6, 6.07) is 9.36. The summed E-state index contributed by atoms with van der Waals surface area (Å²) in [6.45, 7) is 0. The Hall–Kier alpha value is -0.00571. The first-order valence-electron chi connectivity index (χ1n) is 8.43. The van der Waals surface area contributed by atoms with Crippen LogP contribution in [-0.2, 0) is 26.6 Å². The number of ether oxygens (including phenoxy) is 2. The number of carbonyl (C=O) groups is 2. The zero-order valence-corrected chi connectivity index (χ0v) is 19.5. The van der Waals surface area contributed by atoms with Crippen molar-refractivity contribution in [1.82, 2.24) is 4.90 Å². The van der Waals surface area contributed by atoms with E-state index in [1.54, 1.807) is 24.3 Å². The molecule has 27 heavy (non-hydrogen) atoms. The van der Waals surface area contributed by atoms with Crippen molar-refractivity contribution in [2.75, 3.05) is 14.2 Å². The number of hydrogen-bond acceptors (Lipinski definition) is 5. The molecule has 0 unspecified atom stereocenters. The van der Waals surface area contributed by atoms with Gasteiger partial charge in [-0.05, 0) is 32.0 Å². The summed E-state index contributed by atoms with van der Waals surface area (Å²) in [6.07, 6.45) is 2.26. The summed E-state index contributed by atoms with van der Waals surface area (Å²) in [4.78, 5) is 26.7. The first-order chi connectivity index (χ1) is 12.6. The van der Waals surface area contributed by atoms with Gasteiger partial charge in [0.1, 0.15) is 12.0 Å². The molecule has 1 aromatic carbocycles. The Kier molecular flexibility index (Phi) is 8.75. The molecule has 2 heterocycles. The van der Waals surface area contributed by atoms with Crippen LogP contribution in [0.15, 0.2) is 30.3 Å². The second-order valence-electron chi connectivity index (χ2n) is 6.49. The quantitative estimate of drug-likeness (QED) is 0.455. The molecule has 1 aromatic rings. The predicted octanol–water partition coefficient (Wildman–Crippen LogP) is 4.62. The molecule has 5 nitrogen and oxygen atoms in total. The Morgan fingerprint density at radius 2 is 1.70 bits per heavy atom. The number of halogens is 4. The summed E-state index contributed by atoms with van der Waals surface area (Å²) in [5.74, 6) is -1.06. The number of rotatable bonds is 3. The maximum absolute atomic E-state index is 12.3. The fourth-order valence-electron chi connectivity index (χ4n) is 3.77. The zero-order valence-electron chi connectivity index (χ0n) is 14.9. The zero-order chi connectivity index (χ0) is 20.2. The fourth-order valence-corrected chi connectivity index (χ4v) is 3.77. The van der Waals surface area contributed by atoms with Gasteiger partial charge in [-0.3, -0.25) is 9.69 Å². The Morgan fingerprint density at radius 1 is 1.11 bits per heavy atom. The molecule has 2 aliphatic rings. The van der Waals surface area contributed by atoms with Crippen molar-refractivity contribution in [2.24, 2.45) is 5.92 Å². The Morgan fingerprint density at radius 3 is 2.26 bits per heavy atom. The topological polar surface area (TPSA) is 55.8 Å².